The number of carboxylic acids is 1. The molecule has 0 spiro atoms. The van der Waals surface area contributed by atoms with Crippen LogP contribution < -0.4 is 0 Å². The summed E-state index contributed by atoms with van der Waals surface area (Å²) in [5.41, 5.74) is -0.0317. The maximum atomic E-state index is 12.5. The third kappa shape index (κ3) is 3.14. The van der Waals surface area contributed by atoms with Gasteiger partial charge < -0.3 is 15.1 Å². The molecule has 2 atom stereocenters. The van der Waals surface area contributed by atoms with Crippen molar-refractivity contribution >= 4 is 23.5 Å². The first-order valence-electron chi connectivity index (χ1n) is 6.55. The molecule has 2 N–H and O–H groups in total. The summed E-state index contributed by atoms with van der Waals surface area (Å²) in [5, 5.41) is 18.8. The van der Waals surface area contributed by atoms with Crippen LogP contribution in [0.4, 0.5) is 0 Å². The minimum Gasteiger partial charge on any atom is -0.480 e. The normalized spacial score (nSPS) is 21.9. The number of carbonyl (C=O) groups is 2. The van der Waals surface area contributed by atoms with Crippen LogP contribution in [0, 0.1) is 0 Å². The van der Waals surface area contributed by atoms with Gasteiger partial charge in [0.05, 0.1) is 17.3 Å². The van der Waals surface area contributed by atoms with Crippen LogP contribution in [0.5, 0.6) is 0 Å². The maximum Gasteiger partial charge on any atom is 0.326 e. The third-order valence-electron chi connectivity index (χ3n) is 3.31. The van der Waals surface area contributed by atoms with E-state index in [4.69, 9.17) is 16.7 Å². The van der Waals surface area contributed by atoms with Crippen LogP contribution in [0.1, 0.15) is 42.5 Å². The summed E-state index contributed by atoms with van der Waals surface area (Å²) < 4.78 is 0. The van der Waals surface area contributed by atoms with Crippen molar-refractivity contribution in [1.82, 2.24) is 14.9 Å². The van der Waals surface area contributed by atoms with Crippen molar-refractivity contribution in [3.05, 3.63) is 22.7 Å². The average molecular weight is 314 g/mol. The van der Waals surface area contributed by atoms with Gasteiger partial charge in [0, 0.05) is 18.9 Å². The van der Waals surface area contributed by atoms with E-state index in [0.29, 0.717) is 5.82 Å². The molecule has 0 saturated carbocycles. The summed E-state index contributed by atoms with van der Waals surface area (Å²) in [6, 6.07) is -1.07. The molecule has 114 valence electrons. The molecule has 1 aliphatic heterocycles. The second kappa shape index (κ2) is 5.95. The number of aromatic nitrogens is 2. The summed E-state index contributed by atoms with van der Waals surface area (Å²) in [6.07, 6.45) is 0.473. The molecule has 2 rings (SSSR count). The van der Waals surface area contributed by atoms with Crippen molar-refractivity contribution < 1.29 is 19.8 Å². The van der Waals surface area contributed by atoms with Crippen LogP contribution in [0.2, 0.25) is 5.02 Å². The minimum absolute atomic E-state index is 0.000807. The Balaban J connectivity index is 2.35. The van der Waals surface area contributed by atoms with E-state index in [1.807, 2.05) is 13.8 Å². The first-order chi connectivity index (χ1) is 9.81. The number of carbonyl (C=O) groups excluding carboxylic acids is 1. The Labute approximate surface area is 126 Å². The number of carboxylic acid groups (broad SMARTS) is 1. The molecule has 2 heterocycles. The predicted octanol–water partition coefficient (Wildman–Crippen LogP) is 0.913. The van der Waals surface area contributed by atoms with E-state index in [2.05, 4.69) is 9.97 Å². The SMILES string of the molecule is CC(C)c1ncc(Cl)c(C(=O)N2C[C@@H](O)C[C@H]2C(=O)O)n1. The highest BCUT2D eigenvalue weighted by Gasteiger charge is 2.40. The number of aliphatic hydroxyl groups is 1. The van der Waals surface area contributed by atoms with Gasteiger partial charge in [0.25, 0.3) is 5.91 Å². The predicted molar refractivity (Wildman–Crippen MR) is 74.2 cm³/mol. The second-order valence-corrected chi connectivity index (χ2v) is 5.69. The molecular formula is C13H16ClN3O4. The van der Waals surface area contributed by atoms with Crippen molar-refractivity contribution in [2.24, 2.45) is 0 Å². The zero-order valence-electron chi connectivity index (χ0n) is 11.7. The minimum atomic E-state index is -1.16. The Hall–Kier alpha value is -1.73. The molecule has 0 radical (unpaired) electrons. The highest BCUT2D eigenvalue weighted by Crippen LogP contribution is 2.24. The van der Waals surface area contributed by atoms with E-state index in [9.17, 15) is 14.7 Å². The van der Waals surface area contributed by atoms with Crippen molar-refractivity contribution in [1.29, 1.82) is 0 Å². The Morgan fingerprint density at radius 1 is 1.48 bits per heavy atom. The summed E-state index contributed by atoms with van der Waals surface area (Å²) in [7, 11) is 0. The Kier molecular flexibility index (Phi) is 4.43. The molecule has 0 aliphatic carbocycles. The van der Waals surface area contributed by atoms with Crippen LogP contribution in [-0.4, -0.2) is 55.6 Å². The van der Waals surface area contributed by atoms with Gasteiger partial charge >= 0.3 is 5.97 Å². The number of nitrogens with zero attached hydrogens (tertiary/aromatic N) is 3. The number of halogens is 1. The van der Waals surface area contributed by atoms with E-state index < -0.39 is 24.0 Å². The summed E-state index contributed by atoms with van der Waals surface area (Å²) in [5.74, 6) is -1.30. The molecule has 0 bridgehead atoms. The van der Waals surface area contributed by atoms with Crippen molar-refractivity contribution in [3.8, 4) is 0 Å². The first kappa shape index (κ1) is 15.7. The van der Waals surface area contributed by atoms with Crippen LogP contribution >= 0.6 is 11.6 Å². The molecule has 8 heteroatoms. The number of hydrogen-bond acceptors (Lipinski definition) is 5. The largest absolute Gasteiger partial charge is 0.480 e. The lowest BCUT2D eigenvalue weighted by molar-refractivity contribution is -0.141. The molecule has 1 saturated heterocycles. The van der Waals surface area contributed by atoms with Gasteiger partial charge in [-0.3, -0.25) is 4.79 Å². The molecule has 1 aromatic rings. The van der Waals surface area contributed by atoms with E-state index in [1.54, 1.807) is 0 Å². The second-order valence-electron chi connectivity index (χ2n) is 5.28. The smallest absolute Gasteiger partial charge is 0.326 e. The van der Waals surface area contributed by atoms with E-state index in [0.717, 1.165) is 4.90 Å². The number of β-amino-alcohol motifs (C(OH)–C–C–N with tert-alkyl or cyclic N) is 1. The highest BCUT2D eigenvalue weighted by molar-refractivity contribution is 6.33. The zero-order valence-corrected chi connectivity index (χ0v) is 12.4. The maximum absolute atomic E-state index is 12.5. The lowest BCUT2D eigenvalue weighted by Crippen LogP contribution is -2.41. The Morgan fingerprint density at radius 2 is 2.14 bits per heavy atom. The number of likely N-dealkylation sites (tertiary alicyclic amines) is 1. The number of amides is 1. The molecule has 1 aliphatic rings. The fourth-order valence-electron chi connectivity index (χ4n) is 2.22. The van der Waals surface area contributed by atoms with E-state index in [1.165, 1.54) is 6.20 Å². The zero-order chi connectivity index (χ0) is 15.7. The Bertz CT molecular complexity index is 579. The van der Waals surface area contributed by atoms with Crippen molar-refractivity contribution in [2.75, 3.05) is 6.54 Å². The Morgan fingerprint density at radius 3 is 2.71 bits per heavy atom. The van der Waals surface area contributed by atoms with Gasteiger partial charge in [0.2, 0.25) is 0 Å². The average Bonchev–Trinajstić information content (AvgIpc) is 2.80. The van der Waals surface area contributed by atoms with Gasteiger partial charge in [0.1, 0.15) is 11.9 Å². The molecule has 1 fully saturated rings. The van der Waals surface area contributed by atoms with Crippen molar-refractivity contribution in [2.45, 2.75) is 38.3 Å². The van der Waals surface area contributed by atoms with Crippen LogP contribution in [0.3, 0.4) is 0 Å². The van der Waals surface area contributed by atoms with Gasteiger partial charge in [-0.1, -0.05) is 25.4 Å². The van der Waals surface area contributed by atoms with Gasteiger partial charge in [-0.05, 0) is 0 Å². The number of rotatable bonds is 3. The van der Waals surface area contributed by atoms with Gasteiger partial charge in [-0.25, -0.2) is 14.8 Å². The molecular weight excluding hydrogens is 298 g/mol. The highest BCUT2D eigenvalue weighted by atomic mass is 35.5. The van der Waals surface area contributed by atoms with Crippen LogP contribution in [0.15, 0.2) is 6.20 Å². The van der Waals surface area contributed by atoms with Crippen LogP contribution in [0.25, 0.3) is 0 Å². The molecule has 7 nitrogen and oxygen atoms in total. The molecule has 0 unspecified atom stereocenters. The lowest BCUT2D eigenvalue weighted by atomic mass is 10.2. The summed E-state index contributed by atoms with van der Waals surface area (Å²) >= 11 is 5.96. The van der Waals surface area contributed by atoms with E-state index in [-0.39, 0.29) is 29.6 Å². The van der Waals surface area contributed by atoms with E-state index >= 15 is 0 Å². The fraction of sp³-hybridized carbons (Fsp3) is 0.538. The standard InChI is InChI=1S/C13H16ClN3O4/c1-6(2)11-15-4-8(14)10(16-11)12(19)17-5-7(18)3-9(17)13(20)21/h4,6-7,9,18H,3,5H2,1-2H3,(H,20,21)/t7-,9-/m0/s1. The van der Waals surface area contributed by atoms with Crippen LogP contribution in [-0.2, 0) is 4.79 Å². The molecule has 21 heavy (non-hydrogen) atoms. The molecule has 0 aromatic carbocycles. The molecule has 1 aromatic heterocycles. The van der Waals surface area contributed by atoms with Gasteiger partial charge in [0.15, 0.2) is 5.69 Å². The summed E-state index contributed by atoms with van der Waals surface area (Å²) in [6.45, 7) is 3.70. The first-order valence-corrected chi connectivity index (χ1v) is 6.93. The number of hydrogen-bond donors (Lipinski definition) is 2. The topological polar surface area (TPSA) is 104 Å². The monoisotopic (exact) mass is 313 g/mol. The number of aliphatic hydroxyl groups excluding tert-OH is 1. The van der Waals surface area contributed by atoms with Gasteiger partial charge in [-0.15, -0.1) is 0 Å². The van der Waals surface area contributed by atoms with Crippen molar-refractivity contribution in [3.63, 3.8) is 0 Å². The number of aliphatic carboxylic acids is 1. The quantitative estimate of drug-likeness (QED) is 0.859. The fourth-order valence-corrected chi connectivity index (χ4v) is 2.39. The lowest BCUT2D eigenvalue weighted by Gasteiger charge is -2.21. The van der Waals surface area contributed by atoms with Gasteiger partial charge in [-0.2, -0.15) is 0 Å². The molecule has 1 amide bonds. The summed E-state index contributed by atoms with van der Waals surface area (Å²) in [4.78, 5) is 32.9. The third-order valence-corrected chi connectivity index (χ3v) is 3.58.